The number of aromatic nitrogens is 1. The average Bonchev–Trinajstić information content (AvgIpc) is 2.03. The average molecular weight is 168 g/mol. The van der Waals surface area contributed by atoms with Gasteiger partial charge in [-0.2, -0.15) is 12.6 Å². The number of hydrogen-bond donors (Lipinski definition) is 2. The zero-order valence-electron chi connectivity index (χ0n) is 6.49. The summed E-state index contributed by atoms with van der Waals surface area (Å²) in [4.78, 5) is 3.93. The van der Waals surface area contributed by atoms with Gasteiger partial charge in [-0.15, -0.1) is 0 Å². The Hall–Kier alpha value is -0.540. The van der Waals surface area contributed by atoms with Gasteiger partial charge in [0.1, 0.15) is 0 Å². The summed E-state index contributed by atoms with van der Waals surface area (Å²) in [6.07, 6.45) is 3.58. The van der Waals surface area contributed by atoms with E-state index in [2.05, 4.69) is 22.9 Å². The van der Waals surface area contributed by atoms with Gasteiger partial charge in [0.25, 0.3) is 0 Å². The maximum absolute atomic E-state index is 4.20. The van der Waals surface area contributed by atoms with Crippen molar-refractivity contribution in [3.8, 4) is 0 Å². The van der Waals surface area contributed by atoms with Crippen molar-refractivity contribution in [1.82, 2.24) is 10.3 Å². The van der Waals surface area contributed by atoms with E-state index in [0.717, 1.165) is 6.54 Å². The lowest BCUT2D eigenvalue weighted by Gasteiger charge is -2.06. The van der Waals surface area contributed by atoms with Gasteiger partial charge in [-0.1, -0.05) is 0 Å². The van der Waals surface area contributed by atoms with Gasteiger partial charge in [-0.25, -0.2) is 0 Å². The highest BCUT2D eigenvalue weighted by Gasteiger charge is 1.93. The Morgan fingerprint density at radius 3 is 2.73 bits per heavy atom. The Kier molecular flexibility index (Phi) is 3.39. The Morgan fingerprint density at radius 1 is 1.55 bits per heavy atom. The third kappa shape index (κ3) is 3.39. The molecule has 0 bridgehead atoms. The van der Waals surface area contributed by atoms with Gasteiger partial charge in [-0.05, 0) is 24.6 Å². The van der Waals surface area contributed by atoms with Crippen LogP contribution in [0.4, 0.5) is 0 Å². The second-order valence-corrected chi connectivity index (χ2v) is 3.19. The summed E-state index contributed by atoms with van der Waals surface area (Å²) in [5.74, 6) is 0. The third-order valence-electron chi connectivity index (χ3n) is 1.35. The molecule has 1 unspecified atom stereocenters. The highest BCUT2D eigenvalue weighted by atomic mass is 32.1. The lowest BCUT2D eigenvalue weighted by Crippen LogP contribution is -2.19. The fraction of sp³-hybridized carbons (Fsp3) is 0.375. The second kappa shape index (κ2) is 4.36. The van der Waals surface area contributed by atoms with E-state index < -0.39 is 0 Å². The van der Waals surface area contributed by atoms with Crippen LogP contribution in [0.5, 0.6) is 0 Å². The number of pyridine rings is 1. The summed E-state index contributed by atoms with van der Waals surface area (Å²) >= 11 is 4.20. The molecular weight excluding hydrogens is 156 g/mol. The summed E-state index contributed by atoms with van der Waals surface area (Å²) in [7, 11) is 0. The van der Waals surface area contributed by atoms with Gasteiger partial charge in [-0.3, -0.25) is 4.98 Å². The van der Waals surface area contributed by atoms with Crippen molar-refractivity contribution in [2.24, 2.45) is 0 Å². The SMILES string of the molecule is CC(S)NCc1ccncc1. The fourth-order valence-electron chi connectivity index (χ4n) is 0.766. The Balaban J connectivity index is 2.39. The Bertz CT molecular complexity index is 199. The quantitative estimate of drug-likeness (QED) is 0.527. The maximum Gasteiger partial charge on any atom is 0.0476 e. The summed E-state index contributed by atoms with van der Waals surface area (Å²) in [6.45, 7) is 2.86. The van der Waals surface area contributed by atoms with E-state index in [1.165, 1.54) is 5.56 Å². The molecular formula is C8H12N2S. The molecule has 0 saturated carbocycles. The van der Waals surface area contributed by atoms with Crippen LogP contribution < -0.4 is 5.32 Å². The molecule has 0 aliphatic heterocycles. The smallest absolute Gasteiger partial charge is 0.0476 e. The zero-order valence-corrected chi connectivity index (χ0v) is 7.38. The molecule has 0 saturated heterocycles. The van der Waals surface area contributed by atoms with Gasteiger partial charge in [0.2, 0.25) is 0 Å². The maximum atomic E-state index is 4.20. The van der Waals surface area contributed by atoms with Crippen molar-refractivity contribution in [2.45, 2.75) is 18.8 Å². The number of nitrogens with zero attached hydrogens (tertiary/aromatic N) is 1. The van der Waals surface area contributed by atoms with E-state index in [1.54, 1.807) is 12.4 Å². The highest BCUT2D eigenvalue weighted by Crippen LogP contribution is 1.96. The van der Waals surface area contributed by atoms with Crippen molar-refractivity contribution >= 4 is 12.6 Å². The van der Waals surface area contributed by atoms with Crippen molar-refractivity contribution in [1.29, 1.82) is 0 Å². The van der Waals surface area contributed by atoms with E-state index in [4.69, 9.17) is 0 Å². The third-order valence-corrected chi connectivity index (χ3v) is 1.53. The van der Waals surface area contributed by atoms with Crippen LogP contribution in [0.3, 0.4) is 0 Å². The van der Waals surface area contributed by atoms with Crippen LogP contribution in [0.15, 0.2) is 24.5 Å². The summed E-state index contributed by atoms with van der Waals surface area (Å²) in [5, 5.41) is 3.44. The topological polar surface area (TPSA) is 24.9 Å². The van der Waals surface area contributed by atoms with Crippen LogP contribution in [0.1, 0.15) is 12.5 Å². The highest BCUT2D eigenvalue weighted by molar-refractivity contribution is 7.80. The molecule has 0 fully saturated rings. The predicted octanol–water partition coefficient (Wildman–Crippen LogP) is 1.45. The molecule has 0 aliphatic rings. The number of thiol groups is 1. The van der Waals surface area contributed by atoms with E-state index in [0.29, 0.717) is 0 Å². The largest absolute Gasteiger partial charge is 0.302 e. The van der Waals surface area contributed by atoms with Gasteiger partial charge in [0.15, 0.2) is 0 Å². The van der Waals surface area contributed by atoms with Crippen molar-refractivity contribution in [3.05, 3.63) is 30.1 Å². The van der Waals surface area contributed by atoms with Crippen molar-refractivity contribution in [3.63, 3.8) is 0 Å². The first-order valence-corrected chi connectivity index (χ1v) is 4.11. The standard InChI is InChI=1S/C8H12N2S/c1-7(11)10-6-8-2-4-9-5-3-8/h2-5,7,10-11H,6H2,1H3. The normalized spacial score (nSPS) is 12.9. The van der Waals surface area contributed by atoms with Crippen LogP contribution >= 0.6 is 12.6 Å². The number of rotatable bonds is 3. The molecule has 1 rings (SSSR count). The molecule has 1 atom stereocenters. The molecule has 0 aromatic carbocycles. The first-order valence-electron chi connectivity index (χ1n) is 3.59. The fourth-order valence-corrected chi connectivity index (χ4v) is 0.857. The van der Waals surface area contributed by atoms with E-state index in [1.807, 2.05) is 19.1 Å². The molecule has 0 aliphatic carbocycles. The lowest BCUT2D eigenvalue weighted by atomic mass is 10.3. The molecule has 60 valence electrons. The van der Waals surface area contributed by atoms with Crippen molar-refractivity contribution in [2.75, 3.05) is 0 Å². The Labute approximate surface area is 72.5 Å². The first kappa shape index (κ1) is 8.56. The predicted molar refractivity (Wildman–Crippen MR) is 49.5 cm³/mol. The van der Waals surface area contributed by atoms with Crippen LogP contribution in [0.2, 0.25) is 0 Å². The van der Waals surface area contributed by atoms with Gasteiger partial charge >= 0.3 is 0 Å². The van der Waals surface area contributed by atoms with Gasteiger partial charge in [0.05, 0.1) is 0 Å². The van der Waals surface area contributed by atoms with E-state index in [-0.39, 0.29) is 5.37 Å². The molecule has 0 amide bonds. The molecule has 1 aromatic heterocycles. The van der Waals surface area contributed by atoms with Gasteiger partial charge < -0.3 is 5.32 Å². The van der Waals surface area contributed by atoms with Crippen LogP contribution in [0, 0.1) is 0 Å². The van der Waals surface area contributed by atoms with E-state index in [9.17, 15) is 0 Å². The van der Waals surface area contributed by atoms with Crippen LogP contribution in [0.25, 0.3) is 0 Å². The molecule has 11 heavy (non-hydrogen) atoms. The molecule has 1 aromatic rings. The number of nitrogens with one attached hydrogen (secondary N) is 1. The molecule has 3 heteroatoms. The monoisotopic (exact) mass is 168 g/mol. The van der Waals surface area contributed by atoms with E-state index >= 15 is 0 Å². The molecule has 2 nitrogen and oxygen atoms in total. The van der Waals surface area contributed by atoms with Gasteiger partial charge in [0, 0.05) is 24.3 Å². The lowest BCUT2D eigenvalue weighted by molar-refractivity contribution is 0.690. The second-order valence-electron chi connectivity index (χ2n) is 2.41. The first-order chi connectivity index (χ1) is 5.29. The van der Waals surface area contributed by atoms with Crippen LogP contribution in [-0.4, -0.2) is 10.4 Å². The number of hydrogen-bond acceptors (Lipinski definition) is 3. The molecule has 1 N–H and O–H groups in total. The molecule has 0 radical (unpaired) electrons. The Morgan fingerprint density at radius 2 is 2.18 bits per heavy atom. The molecule has 0 spiro atoms. The summed E-state index contributed by atoms with van der Waals surface area (Å²) < 4.78 is 0. The summed E-state index contributed by atoms with van der Waals surface area (Å²) in [5.41, 5.74) is 1.24. The zero-order chi connectivity index (χ0) is 8.10. The summed E-state index contributed by atoms with van der Waals surface area (Å²) in [6, 6.07) is 3.98. The minimum absolute atomic E-state index is 0.239. The van der Waals surface area contributed by atoms with Crippen molar-refractivity contribution < 1.29 is 0 Å². The minimum atomic E-state index is 0.239. The van der Waals surface area contributed by atoms with Crippen LogP contribution in [-0.2, 0) is 6.54 Å². The minimum Gasteiger partial charge on any atom is -0.302 e. The molecule has 1 heterocycles.